The third-order valence-corrected chi connectivity index (χ3v) is 26.6. The van der Waals surface area contributed by atoms with E-state index in [1.54, 1.807) is 45.3 Å². The highest BCUT2D eigenvalue weighted by atomic mass is 32.1. The zero-order chi connectivity index (χ0) is 77.1. The molecule has 1 nitrogen and oxygen atoms in total. The van der Waals surface area contributed by atoms with Crippen molar-refractivity contribution in [3.63, 3.8) is 0 Å². The summed E-state index contributed by atoms with van der Waals surface area (Å²) in [6.07, 6.45) is -0.0302. The van der Waals surface area contributed by atoms with Crippen molar-refractivity contribution in [3.05, 3.63) is 165 Å². The Balaban J connectivity index is 0.000000247. The fourth-order valence-electron chi connectivity index (χ4n) is 10.0. The van der Waals surface area contributed by atoms with Gasteiger partial charge in [-0.05, 0) is 229 Å². The molecule has 0 radical (unpaired) electrons. The van der Waals surface area contributed by atoms with Gasteiger partial charge in [0, 0.05) is 72.0 Å². The van der Waals surface area contributed by atoms with E-state index in [0.717, 1.165) is 72.7 Å². The van der Waals surface area contributed by atoms with Gasteiger partial charge >= 0.3 is 0 Å². The molecule has 10 aromatic rings. The van der Waals surface area contributed by atoms with Gasteiger partial charge in [0.25, 0.3) is 0 Å². The van der Waals surface area contributed by atoms with Crippen molar-refractivity contribution < 1.29 is 22.2 Å². The second-order valence-corrected chi connectivity index (χ2v) is 37.7. The summed E-state index contributed by atoms with van der Waals surface area (Å²) >= 11 is 12.9. The van der Waals surface area contributed by atoms with Crippen molar-refractivity contribution >= 4 is 120 Å². The molecule has 9 heterocycles. The normalized spacial score (nSPS) is 14.6. The first-order valence-corrected chi connectivity index (χ1v) is 36.2. The molecular formula is C77H112OS8. The zero-order valence-electron chi connectivity index (χ0n) is 71.7. The van der Waals surface area contributed by atoms with Crippen molar-refractivity contribution in [2.24, 2.45) is 0 Å². The number of hydrogen-bond donors (Lipinski definition) is 0. The molecule has 9 aromatic heterocycles. The first-order valence-electron chi connectivity index (χ1n) is 36.2. The number of aryl methyl sites for hydroxylation is 7. The van der Waals surface area contributed by atoms with E-state index >= 15 is 0 Å². The lowest BCUT2D eigenvalue weighted by molar-refractivity contribution is 0.406. The average Bonchev–Trinajstić information content (AvgIpc) is 1.61. The van der Waals surface area contributed by atoms with Gasteiger partial charge in [0.15, 0.2) is 0 Å². The van der Waals surface area contributed by atoms with Crippen LogP contribution in [0.4, 0.5) is 0 Å². The van der Waals surface area contributed by atoms with E-state index in [2.05, 4.69) is 173 Å². The van der Waals surface area contributed by atoms with Gasteiger partial charge in [-0.2, -0.15) is 0 Å². The largest absolute Gasteiger partial charge is 0.469 e. The quantitative estimate of drug-likeness (QED) is 0.147. The number of hydrogen-bond acceptors (Lipinski definition) is 9. The highest BCUT2D eigenvalue weighted by molar-refractivity contribution is 7.28. The van der Waals surface area contributed by atoms with Gasteiger partial charge in [0.1, 0.15) is 7.13 Å². The van der Waals surface area contributed by atoms with Crippen molar-refractivity contribution in [1.82, 2.24) is 0 Å². The van der Waals surface area contributed by atoms with Crippen LogP contribution in [0, 0.1) is 89.9 Å². The van der Waals surface area contributed by atoms with Crippen LogP contribution in [0.5, 0.6) is 0 Å². The molecule has 0 atom stereocenters. The molecule has 0 fully saturated rings. The summed E-state index contributed by atoms with van der Waals surface area (Å²) in [6, 6.07) is 1.43. The van der Waals surface area contributed by atoms with E-state index in [1.807, 2.05) is 66.7 Å². The Morgan fingerprint density at radius 2 is 0.814 bits per heavy atom. The first-order chi connectivity index (χ1) is 44.4. The summed E-state index contributed by atoms with van der Waals surface area (Å²) in [5.74, 6) is 0.748. The lowest BCUT2D eigenvalue weighted by atomic mass is 9.90. The van der Waals surface area contributed by atoms with Crippen LogP contribution in [0.15, 0.2) is 63.0 Å². The van der Waals surface area contributed by atoms with E-state index in [1.165, 1.54) is 96.7 Å². The zero-order valence-corrected chi connectivity index (χ0v) is 65.2. The van der Waals surface area contributed by atoms with Crippen LogP contribution in [0.2, 0.25) is 0 Å². The molecule has 0 bridgehead atoms. The molecule has 0 unspecified atom stereocenters. The molecule has 10 rings (SSSR count). The number of furan rings is 1. The van der Waals surface area contributed by atoms with Gasteiger partial charge in [0.2, 0.25) is 0 Å². The summed E-state index contributed by atoms with van der Waals surface area (Å²) < 4.78 is 110. The Morgan fingerprint density at radius 1 is 0.337 bits per heavy atom. The Kier molecular flexibility index (Phi) is 19.2. The third kappa shape index (κ3) is 19.2. The molecule has 86 heavy (non-hydrogen) atoms. The van der Waals surface area contributed by atoms with Crippen LogP contribution < -0.4 is 0 Å². The summed E-state index contributed by atoms with van der Waals surface area (Å²) in [5, 5.41) is 2.51. The summed E-state index contributed by atoms with van der Waals surface area (Å²) in [6.45, 7) is 68.2. The summed E-state index contributed by atoms with van der Waals surface area (Å²) in [5.41, 5.74) is 13.4. The van der Waals surface area contributed by atoms with Crippen LogP contribution in [-0.4, -0.2) is 0 Å². The van der Waals surface area contributed by atoms with Crippen LogP contribution in [-0.2, 0) is 37.9 Å². The predicted octanol–water partition coefficient (Wildman–Crippen LogP) is 28.4. The maximum atomic E-state index is 8.04. The molecule has 0 saturated heterocycles. The fraction of sp³-hybridized carbons (Fsp3) is 0.532. The lowest BCUT2D eigenvalue weighted by Gasteiger charge is -2.17. The number of fused-ring (bicyclic) bond motifs is 3. The predicted molar refractivity (Wildman–Crippen MR) is 405 cm³/mol. The average molecular weight is 1320 g/mol. The van der Waals surface area contributed by atoms with Gasteiger partial charge in [0.05, 0.1) is 18.6 Å². The minimum atomic E-state index is -1.98. The van der Waals surface area contributed by atoms with Gasteiger partial charge in [-0.15, -0.1) is 90.7 Å². The molecule has 474 valence electrons. The van der Waals surface area contributed by atoms with Gasteiger partial charge in [-0.3, -0.25) is 0 Å². The lowest BCUT2D eigenvalue weighted by Crippen LogP contribution is -2.10. The molecule has 0 aliphatic heterocycles. The summed E-state index contributed by atoms with van der Waals surface area (Å²) in [4.78, 5) is 10.0. The molecule has 0 aliphatic carbocycles. The highest BCUT2D eigenvalue weighted by Gasteiger charge is 2.26. The van der Waals surface area contributed by atoms with Crippen LogP contribution in [0.1, 0.15) is 269 Å². The topological polar surface area (TPSA) is 13.1 Å². The van der Waals surface area contributed by atoms with E-state index in [-0.39, 0.29) is 62.9 Å². The number of rotatable bonds is 0. The maximum Gasteiger partial charge on any atom is 0.111 e. The fourth-order valence-corrected chi connectivity index (χ4v) is 19.1. The van der Waals surface area contributed by atoms with Crippen molar-refractivity contribution in [1.29, 1.82) is 0 Å². The van der Waals surface area contributed by atoms with Crippen molar-refractivity contribution in [3.8, 4) is 0 Å². The Bertz CT molecular complexity index is 4180. The van der Waals surface area contributed by atoms with Gasteiger partial charge in [-0.1, -0.05) is 157 Å². The first kappa shape index (κ1) is 56.8. The maximum absolute atomic E-state index is 8.04. The van der Waals surface area contributed by atoms with E-state index < -0.39 is 6.85 Å². The second kappa shape index (κ2) is 29.0. The molecule has 0 aliphatic rings. The van der Waals surface area contributed by atoms with Crippen molar-refractivity contribution in [2.75, 3.05) is 0 Å². The number of benzene rings is 1. The van der Waals surface area contributed by atoms with Gasteiger partial charge < -0.3 is 4.42 Å². The van der Waals surface area contributed by atoms with E-state index in [9.17, 15) is 0 Å². The molecule has 0 saturated carbocycles. The van der Waals surface area contributed by atoms with Crippen LogP contribution in [0.3, 0.4) is 0 Å². The molecule has 0 N–H and O–H groups in total. The van der Waals surface area contributed by atoms with Gasteiger partial charge in [-0.25, -0.2) is 0 Å². The highest BCUT2D eigenvalue weighted by Crippen LogP contribution is 2.46. The standard InChI is InChI=1S/C14H18S.C13H18S2.C11H14S2.C11H18S.C10H16S.C9H14O.C9H14S/c1-9-7-6-8-11-12(9)10(2)13(15-11)14(3,4)5;1-7-9(3)14-11-8(2)12(13(4,5)6)15-10(7)11;1-7-9-8(5-6-12-9)13-10(7)11(2,3)4;1-7-8(2)10(11(4,5)6)12-9(7)3;1-7-6-11-9(8(7)2)10(3,4)5;2*1-7-5-6-10-8(7)9(2,3)4/h6-8H,1-5H3;1-6H3;5-6H,1-4H3;1-6H3;6H,1-5H3;2*5-6H,1-4H3/i6D,7D,8D;3D3;5D,6D;;6D;2*5D,6D. The smallest absolute Gasteiger partial charge is 0.111 e. The third-order valence-electron chi connectivity index (χ3n) is 14.5. The Hall–Kier alpha value is -3.12. The minimum Gasteiger partial charge on any atom is -0.469 e. The molecule has 0 amide bonds. The molecule has 1 aromatic carbocycles. The molecule has 0 spiro atoms. The monoisotopic (exact) mass is 1320 g/mol. The molecular weight excluding hydrogens is 1200 g/mol. The second-order valence-electron chi connectivity index (χ2n) is 29.9. The van der Waals surface area contributed by atoms with E-state index in [0.29, 0.717) is 33.1 Å². The molecule has 9 heteroatoms. The van der Waals surface area contributed by atoms with Crippen LogP contribution in [0.25, 0.3) is 28.9 Å². The minimum absolute atomic E-state index is 0.0302. The van der Waals surface area contributed by atoms with Crippen LogP contribution >= 0.6 is 90.7 Å². The van der Waals surface area contributed by atoms with E-state index in [4.69, 9.17) is 22.2 Å². The number of thiophene rings is 8. The SMILES string of the molecule is Cc1sc(C(C)(C)C)c(C)c1C.[2H]C([2H])([2H])c1sc2c(C)c(C(C)(C)C)sc2c1C.[2H]c1c([2H])c(C)c2c(C)c(C(C)(C)C)sc2c1[2H].[2H]c1oc(C(C)(C)C)c(C)c1[2H].[2H]c1sc(C(C)(C)C)c(C)c1C.[2H]c1sc(C(C)(C)C)c(C)c1[2H].[2H]c1sc2c(C)c(C(C)(C)C)sc2c1[2H]. The van der Waals surface area contributed by atoms with Crippen molar-refractivity contribution in [2.45, 2.75) is 273 Å². The summed E-state index contributed by atoms with van der Waals surface area (Å²) in [7, 11) is 0. The Morgan fingerprint density at radius 3 is 1.17 bits per heavy atom. The Labute approximate surface area is 575 Å².